The molecular weight excluding hydrogens is 299 g/mol. The zero-order valence-electron chi connectivity index (χ0n) is 8.54. The van der Waals surface area contributed by atoms with E-state index in [9.17, 15) is 4.79 Å². The third kappa shape index (κ3) is 4.36. The van der Waals surface area contributed by atoms with Crippen LogP contribution in [0.4, 0.5) is 0 Å². The number of ether oxygens (including phenoxy) is 1. The fourth-order valence-corrected chi connectivity index (χ4v) is 0.704. The fraction of sp³-hybridized carbons (Fsp3) is 0.625. The molecule has 6 heteroatoms. The van der Waals surface area contributed by atoms with Crippen molar-refractivity contribution in [3.05, 3.63) is 12.2 Å². The Kier molecular flexibility index (Phi) is 5.57. The van der Waals surface area contributed by atoms with Gasteiger partial charge in [-0.15, -0.1) is 0 Å². The van der Waals surface area contributed by atoms with Crippen molar-refractivity contribution in [2.24, 2.45) is 5.84 Å². The highest BCUT2D eigenvalue weighted by molar-refractivity contribution is 14.1. The quantitative estimate of drug-likeness (QED) is 0.207. The summed E-state index contributed by atoms with van der Waals surface area (Å²) in [4.78, 5) is 11.0. The molecule has 0 aliphatic carbocycles. The molecule has 0 spiro atoms. The number of carbonyl (C=O) groups is 1. The van der Waals surface area contributed by atoms with Gasteiger partial charge in [-0.25, -0.2) is 4.79 Å². The maximum absolute atomic E-state index is 11.0. The molecule has 0 aliphatic heterocycles. The van der Waals surface area contributed by atoms with E-state index < -0.39 is 11.7 Å². The standard InChI is InChI=1S/C8H15IN2O3/c1-6(2)7(12)13-5-11(10)8(3,4)14-9/h1,5,10H2,2-4H3. The molecule has 0 heterocycles. The predicted octanol–water partition coefficient (Wildman–Crippen LogP) is 1.34. The van der Waals surface area contributed by atoms with Gasteiger partial charge in [0.15, 0.2) is 6.73 Å². The summed E-state index contributed by atoms with van der Waals surface area (Å²) >= 11 is 1.74. The maximum atomic E-state index is 11.0. The number of hydrazine groups is 1. The second kappa shape index (κ2) is 5.64. The fourth-order valence-electron chi connectivity index (χ4n) is 0.451. The SMILES string of the molecule is C=C(C)C(=O)OCN(N)C(C)(C)OI. The minimum Gasteiger partial charge on any atom is -0.445 e. The molecule has 0 unspecified atom stereocenters. The minimum atomic E-state index is -0.685. The zero-order chi connectivity index (χ0) is 11.4. The van der Waals surface area contributed by atoms with E-state index in [1.807, 2.05) is 0 Å². The van der Waals surface area contributed by atoms with Crippen LogP contribution in [0, 0.1) is 0 Å². The van der Waals surface area contributed by atoms with E-state index in [2.05, 4.69) is 6.58 Å². The Balaban J connectivity index is 4.03. The first-order valence-electron chi connectivity index (χ1n) is 3.96. The molecule has 0 fully saturated rings. The molecule has 0 atom stereocenters. The monoisotopic (exact) mass is 314 g/mol. The van der Waals surface area contributed by atoms with Gasteiger partial charge in [-0.05, 0) is 20.8 Å². The second-order valence-corrected chi connectivity index (χ2v) is 3.78. The zero-order valence-corrected chi connectivity index (χ0v) is 10.7. The Morgan fingerprint density at radius 3 is 2.50 bits per heavy atom. The lowest BCUT2D eigenvalue weighted by Gasteiger charge is -2.31. The summed E-state index contributed by atoms with van der Waals surface area (Å²) in [5.74, 6) is 5.14. The number of nitrogens with zero attached hydrogens (tertiary/aromatic N) is 1. The molecule has 0 aliphatic rings. The molecule has 14 heavy (non-hydrogen) atoms. The van der Waals surface area contributed by atoms with Gasteiger partial charge in [-0.1, -0.05) is 6.58 Å². The largest absolute Gasteiger partial charge is 0.445 e. The molecular formula is C8H15IN2O3. The van der Waals surface area contributed by atoms with Gasteiger partial charge in [0.05, 0.1) is 0 Å². The van der Waals surface area contributed by atoms with Crippen LogP contribution in [0.1, 0.15) is 20.8 Å². The molecule has 0 rings (SSSR count). The van der Waals surface area contributed by atoms with Crippen LogP contribution >= 0.6 is 23.0 Å². The summed E-state index contributed by atoms with van der Waals surface area (Å²) in [6.07, 6.45) is 0. The Morgan fingerprint density at radius 2 is 2.14 bits per heavy atom. The number of halogens is 1. The van der Waals surface area contributed by atoms with E-state index in [1.165, 1.54) is 5.01 Å². The normalized spacial score (nSPS) is 11.6. The molecule has 0 amide bonds. The summed E-state index contributed by atoms with van der Waals surface area (Å²) in [5.41, 5.74) is -0.345. The first-order chi connectivity index (χ1) is 6.31. The smallest absolute Gasteiger partial charge is 0.334 e. The first-order valence-corrected chi connectivity index (χ1v) is 4.84. The summed E-state index contributed by atoms with van der Waals surface area (Å²) in [6, 6.07) is 0. The second-order valence-electron chi connectivity index (χ2n) is 3.33. The molecule has 82 valence electrons. The van der Waals surface area contributed by atoms with Crippen LogP contribution in [-0.4, -0.2) is 23.4 Å². The van der Waals surface area contributed by atoms with E-state index in [-0.39, 0.29) is 6.73 Å². The van der Waals surface area contributed by atoms with Crippen LogP contribution in [0.15, 0.2) is 12.2 Å². The summed E-state index contributed by atoms with van der Waals surface area (Å²) in [5, 5.41) is 1.28. The van der Waals surface area contributed by atoms with E-state index in [0.29, 0.717) is 5.57 Å². The predicted molar refractivity (Wildman–Crippen MR) is 61.0 cm³/mol. The van der Waals surface area contributed by atoms with E-state index in [4.69, 9.17) is 13.6 Å². The molecule has 0 saturated heterocycles. The minimum absolute atomic E-state index is 0.0400. The highest BCUT2D eigenvalue weighted by atomic mass is 127. The van der Waals surface area contributed by atoms with Gasteiger partial charge >= 0.3 is 5.97 Å². The number of hydrogen-bond acceptors (Lipinski definition) is 5. The Labute approximate surface area is 97.9 Å². The first kappa shape index (κ1) is 13.8. The maximum Gasteiger partial charge on any atom is 0.334 e. The van der Waals surface area contributed by atoms with Crippen molar-refractivity contribution in [1.29, 1.82) is 0 Å². The van der Waals surface area contributed by atoms with E-state index in [1.54, 1.807) is 43.8 Å². The van der Waals surface area contributed by atoms with Crippen molar-refractivity contribution in [1.82, 2.24) is 5.01 Å². The lowest BCUT2D eigenvalue weighted by molar-refractivity contribution is -0.152. The van der Waals surface area contributed by atoms with Crippen molar-refractivity contribution in [2.45, 2.75) is 26.5 Å². The molecule has 5 nitrogen and oxygen atoms in total. The van der Waals surface area contributed by atoms with Crippen LogP contribution < -0.4 is 5.84 Å². The van der Waals surface area contributed by atoms with Gasteiger partial charge in [-0.2, -0.15) is 5.01 Å². The van der Waals surface area contributed by atoms with Crippen LogP contribution in [0.3, 0.4) is 0 Å². The lowest BCUT2D eigenvalue weighted by atomic mass is 10.3. The topological polar surface area (TPSA) is 64.8 Å². The number of rotatable bonds is 5. The molecule has 0 radical (unpaired) electrons. The molecule has 0 saturated carbocycles. The van der Waals surface area contributed by atoms with Crippen LogP contribution in [0.2, 0.25) is 0 Å². The highest BCUT2D eigenvalue weighted by Gasteiger charge is 2.25. The molecule has 0 aromatic carbocycles. The number of hydrogen-bond donors (Lipinski definition) is 1. The number of nitrogens with two attached hydrogens (primary N) is 1. The van der Waals surface area contributed by atoms with Crippen molar-refractivity contribution in [3.63, 3.8) is 0 Å². The molecule has 0 aromatic rings. The lowest BCUT2D eigenvalue weighted by Crippen LogP contribution is -2.50. The van der Waals surface area contributed by atoms with Crippen molar-refractivity contribution >= 4 is 29.0 Å². The van der Waals surface area contributed by atoms with Gasteiger partial charge < -0.3 is 4.74 Å². The highest BCUT2D eigenvalue weighted by Crippen LogP contribution is 2.15. The van der Waals surface area contributed by atoms with Gasteiger partial charge in [0.1, 0.15) is 28.7 Å². The average molecular weight is 314 g/mol. The molecule has 0 aromatic heterocycles. The average Bonchev–Trinajstić information content (AvgIpc) is 2.13. The molecule has 0 bridgehead atoms. The van der Waals surface area contributed by atoms with Crippen molar-refractivity contribution in [3.8, 4) is 0 Å². The van der Waals surface area contributed by atoms with Crippen LogP contribution in [0.25, 0.3) is 0 Å². The third-order valence-corrected chi connectivity index (χ3v) is 2.64. The van der Waals surface area contributed by atoms with Crippen molar-refractivity contribution in [2.75, 3.05) is 6.73 Å². The van der Waals surface area contributed by atoms with Gasteiger partial charge in [-0.3, -0.25) is 8.91 Å². The number of esters is 1. The Hall–Kier alpha value is -0.180. The van der Waals surface area contributed by atoms with E-state index >= 15 is 0 Å². The van der Waals surface area contributed by atoms with Crippen LogP contribution in [-0.2, 0) is 12.6 Å². The number of carbonyl (C=O) groups excluding carboxylic acids is 1. The van der Waals surface area contributed by atoms with E-state index in [0.717, 1.165) is 0 Å². The third-order valence-electron chi connectivity index (χ3n) is 1.56. The van der Waals surface area contributed by atoms with Gasteiger partial charge in [0, 0.05) is 5.57 Å². The summed E-state index contributed by atoms with van der Waals surface area (Å²) < 4.78 is 9.88. The van der Waals surface area contributed by atoms with Crippen LogP contribution in [0.5, 0.6) is 0 Å². The Morgan fingerprint density at radius 1 is 1.64 bits per heavy atom. The summed E-state index contributed by atoms with van der Waals surface area (Å²) in [6.45, 7) is 8.50. The van der Waals surface area contributed by atoms with Crippen molar-refractivity contribution < 1.29 is 12.6 Å². The van der Waals surface area contributed by atoms with Gasteiger partial charge in [0.2, 0.25) is 0 Å². The Bertz CT molecular complexity index is 231. The summed E-state index contributed by atoms with van der Waals surface area (Å²) in [7, 11) is 0. The molecule has 2 N–H and O–H groups in total. The van der Waals surface area contributed by atoms with Gasteiger partial charge in [0.25, 0.3) is 0 Å².